The molecule has 0 aliphatic rings. The van der Waals surface area contributed by atoms with E-state index in [9.17, 15) is 9.59 Å². The molecule has 0 aliphatic heterocycles. The van der Waals surface area contributed by atoms with Gasteiger partial charge in [-0.25, -0.2) is 4.79 Å². The Bertz CT molecular complexity index is 439. The molecule has 1 rings (SSSR count). The van der Waals surface area contributed by atoms with Gasteiger partial charge in [0, 0.05) is 6.20 Å². The maximum atomic E-state index is 11.8. The van der Waals surface area contributed by atoms with Crippen molar-refractivity contribution in [3.8, 4) is 0 Å². The zero-order valence-electron chi connectivity index (χ0n) is 10.8. The van der Waals surface area contributed by atoms with Crippen LogP contribution >= 0.6 is 0 Å². The molecule has 0 fully saturated rings. The van der Waals surface area contributed by atoms with Gasteiger partial charge in [-0.15, -0.1) is 0 Å². The Morgan fingerprint density at radius 3 is 2.78 bits per heavy atom. The van der Waals surface area contributed by atoms with Crippen molar-refractivity contribution >= 4 is 17.6 Å². The van der Waals surface area contributed by atoms with Crippen LogP contribution in [0.15, 0.2) is 12.4 Å². The van der Waals surface area contributed by atoms with Crippen molar-refractivity contribution in [2.75, 3.05) is 18.5 Å². The van der Waals surface area contributed by atoms with Crippen LogP contribution in [0.3, 0.4) is 0 Å². The topological polar surface area (TPSA) is 99.2 Å². The Balaban J connectivity index is 2.84. The van der Waals surface area contributed by atoms with Gasteiger partial charge in [0.2, 0.25) is 5.91 Å². The van der Waals surface area contributed by atoms with Crippen molar-refractivity contribution in [1.82, 2.24) is 9.78 Å². The number of nitrogens with one attached hydrogen (secondary N) is 1. The molecule has 3 N–H and O–H groups in total. The highest BCUT2D eigenvalue weighted by atomic mass is 16.5. The number of carbonyl (C=O) groups is 2. The van der Waals surface area contributed by atoms with Crippen molar-refractivity contribution in [3.63, 3.8) is 0 Å². The Hall–Kier alpha value is -1.89. The van der Waals surface area contributed by atoms with Crippen LogP contribution in [0, 0.1) is 0 Å². The van der Waals surface area contributed by atoms with Gasteiger partial charge in [-0.3, -0.25) is 9.48 Å². The lowest BCUT2D eigenvalue weighted by Crippen LogP contribution is -2.37. The Morgan fingerprint density at radius 2 is 2.22 bits per heavy atom. The van der Waals surface area contributed by atoms with Crippen LogP contribution in [0.5, 0.6) is 0 Å². The molecule has 0 atom stereocenters. The van der Waals surface area contributed by atoms with Gasteiger partial charge in [-0.05, 0) is 20.8 Å². The molecule has 18 heavy (non-hydrogen) atoms. The van der Waals surface area contributed by atoms with E-state index in [0.717, 1.165) is 0 Å². The third-order valence-electron chi connectivity index (χ3n) is 2.40. The van der Waals surface area contributed by atoms with Crippen LogP contribution in [-0.4, -0.2) is 34.8 Å². The first-order valence-corrected chi connectivity index (χ1v) is 5.64. The molecule has 0 unspecified atom stereocenters. The fourth-order valence-corrected chi connectivity index (χ4v) is 1.31. The summed E-state index contributed by atoms with van der Waals surface area (Å²) >= 11 is 0. The number of carbonyl (C=O) groups excluding carboxylic acids is 2. The molecule has 1 heterocycles. The van der Waals surface area contributed by atoms with Crippen molar-refractivity contribution in [1.29, 1.82) is 0 Å². The summed E-state index contributed by atoms with van der Waals surface area (Å²) in [5, 5.41) is 6.59. The first kappa shape index (κ1) is 14.2. The van der Waals surface area contributed by atoms with Crippen LogP contribution in [0.2, 0.25) is 0 Å². The SMILES string of the molecule is CCOC(=O)C(C)(C)n1cc(NC(=O)CN)cn1. The van der Waals surface area contributed by atoms with Crippen LogP contribution in [-0.2, 0) is 19.9 Å². The lowest BCUT2D eigenvalue weighted by atomic mass is 10.1. The van der Waals surface area contributed by atoms with Crippen molar-refractivity contribution in [2.24, 2.45) is 5.73 Å². The molecule has 0 saturated carbocycles. The van der Waals surface area contributed by atoms with Gasteiger partial charge in [0.05, 0.1) is 25.0 Å². The molecule has 0 radical (unpaired) electrons. The largest absolute Gasteiger partial charge is 0.464 e. The molecule has 0 aliphatic carbocycles. The first-order chi connectivity index (χ1) is 8.41. The quantitative estimate of drug-likeness (QED) is 0.725. The van der Waals surface area contributed by atoms with E-state index in [-0.39, 0.29) is 18.4 Å². The highest BCUT2D eigenvalue weighted by molar-refractivity contribution is 5.91. The van der Waals surface area contributed by atoms with E-state index in [1.165, 1.54) is 10.9 Å². The highest BCUT2D eigenvalue weighted by Crippen LogP contribution is 2.18. The number of amides is 1. The van der Waals surface area contributed by atoms with E-state index >= 15 is 0 Å². The van der Waals surface area contributed by atoms with Crippen LogP contribution in [0.1, 0.15) is 20.8 Å². The molecule has 1 amide bonds. The number of nitrogens with two attached hydrogens (primary N) is 1. The van der Waals surface area contributed by atoms with Gasteiger partial charge in [-0.2, -0.15) is 5.10 Å². The van der Waals surface area contributed by atoms with Gasteiger partial charge in [0.1, 0.15) is 0 Å². The summed E-state index contributed by atoms with van der Waals surface area (Å²) < 4.78 is 6.41. The van der Waals surface area contributed by atoms with Gasteiger partial charge in [-0.1, -0.05) is 0 Å². The smallest absolute Gasteiger partial charge is 0.333 e. The second-order valence-corrected chi connectivity index (χ2v) is 4.21. The van der Waals surface area contributed by atoms with Gasteiger partial charge in [0.25, 0.3) is 0 Å². The number of esters is 1. The van der Waals surface area contributed by atoms with E-state index in [1.54, 1.807) is 27.0 Å². The molecule has 1 aromatic heterocycles. The van der Waals surface area contributed by atoms with Gasteiger partial charge >= 0.3 is 5.97 Å². The summed E-state index contributed by atoms with van der Waals surface area (Å²) in [6.07, 6.45) is 3.01. The Morgan fingerprint density at radius 1 is 1.56 bits per heavy atom. The fourth-order valence-electron chi connectivity index (χ4n) is 1.31. The summed E-state index contributed by atoms with van der Waals surface area (Å²) in [6, 6.07) is 0. The normalized spacial score (nSPS) is 11.1. The zero-order chi connectivity index (χ0) is 13.8. The summed E-state index contributed by atoms with van der Waals surface area (Å²) in [5.41, 5.74) is 4.75. The number of aromatic nitrogens is 2. The van der Waals surface area contributed by atoms with E-state index < -0.39 is 5.54 Å². The molecule has 7 nitrogen and oxygen atoms in total. The summed E-state index contributed by atoms with van der Waals surface area (Å²) in [7, 11) is 0. The summed E-state index contributed by atoms with van der Waals surface area (Å²) in [4.78, 5) is 22.9. The molecule has 0 saturated heterocycles. The van der Waals surface area contributed by atoms with Gasteiger partial charge < -0.3 is 15.8 Å². The van der Waals surface area contributed by atoms with Crippen molar-refractivity contribution in [2.45, 2.75) is 26.3 Å². The lowest BCUT2D eigenvalue weighted by molar-refractivity contribution is -0.152. The molecular weight excluding hydrogens is 236 g/mol. The monoisotopic (exact) mass is 254 g/mol. The second-order valence-electron chi connectivity index (χ2n) is 4.21. The molecule has 0 bridgehead atoms. The molecular formula is C11H18N4O3. The third-order valence-corrected chi connectivity index (χ3v) is 2.40. The predicted molar refractivity (Wildman–Crippen MR) is 65.9 cm³/mol. The molecule has 7 heteroatoms. The minimum absolute atomic E-state index is 0.105. The van der Waals surface area contributed by atoms with E-state index in [2.05, 4.69) is 10.4 Å². The number of ether oxygens (including phenoxy) is 1. The average molecular weight is 254 g/mol. The second kappa shape index (κ2) is 5.63. The number of rotatable bonds is 5. The van der Waals surface area contributed by atoms with Crippen LogP contribution in [0.4, 0.5) is 5.69 Å². The maximum absolute atomic E-state index is 11.8. The maximum Gasteiger partial charge on any atom is 0.333 e. The Kier molecular flexibility index (Phi) is 4.43. The lowest BCUT2D eigenvalue weighted by Gasteiger charge is -2.22. The number of nitrogens with zero attached hydrogens (tertiary/aromatic N) is 2. The minimum atomic E-state index is -0.929. The number of hydrogen-bond donors (Lipinski definition) is 2. The van der Waals surface area contributed by atoms with Crippen LogP contribution in [0.25, 0.3) is 0 Å². The fraction of sp³-hybridized carbons (Fsp3) is 0.545. The number of anilines is 1. The first-order valence-electron chi connectivity index (χ1n) is 5.64. The third kappa shape index (κ3) is 3.07. The van der Waals surface area contributed by atoms with Crippen LogP contribution < -0.4 is 11.1 Å². The average Bonchev–Trinajstić information content (AvgIpc) is 2.78. The molecule has 1 aromatic rings. The van der Waals surface area contributed by atoms with Crippen molar-refractivity contribution < 1.29 is 14.3 Å². The van der Waals surface area contributed by atoms with Gasteiger partial charge in [0.15, 0.2) is 5.54 Å². The molecule has 100 valence electrons. The highest BCUT2D eigenvalue weighted by Gasteiger charge is 2.32. The standard InChI is InChI=1S/C11H18N4O3/c1-4-18-10(17)11(2,3)15-7-8(6-13-15)14-9(16)5-12/h6-7H,4-5,12H2,1-3H3,(H,14,16). The summed E-state index contributed by atoms with van der Waals surface area (Å²) in [6.45, 7) is 5.32. The molecule has 0 spiro atoms. The summed E-state index contributed by atoms with van der Waals surface area (Å²) in [5.74, 6) is -0.701. The minimum Gasteiger partial charge on any atom is -0.464 e. The van der Waals surface area contributed by atoms with E-state index in [0.29, 0.717) is 12.3 Å². The Labute approximate surface area is 105 Å². The number of hydrogen-bond acceptors (Lipinski definition) is 5. The molecule has 0 aromatic carbocycles. The zero-order valence-corrected chi connectivity index (χ0v) is 10.8. The van der Waals surface area contributed by atoms with E-state index in [4.69, 9.17) is 10.5 Å². The van der Waals surface area contributed by atoms with Crippen molar-refractivity contribution in [3.05, 3.63) is 12.4 Å². The predicted octanol–water partition coefficient (Wildman–Crippen LogP) is 0.0785. The van der Waals surface area contributed by atoms with E-state index in [1.807, 2.05) is 0 Å².